The zero-order valence-electron chi connectivity index (χ0n) is 13.5. The fraction of sp³-hybridized carbons (Fsp3) is 0.500. The highest BCUT2D eigenvalue weighted by Crippen LogP contribution is 2.21. The van der Waals surface area contributed by atoms with Crippen molar-refractivity contribution in [2.45, 2.75) is 39.2 Å². The quantitative estimate of drug-likeness (QED) is 0.943. The summed E-state index contributed by atoms with van der Waals surface area (Å²) in [6.07, 6.45) is 7.31. The molecule has 118 valence electrons. The van der Waals surface area contributed by atoms with E-state index in [0.717, 1.165) is 25.2 Å². The molecule has 4 nitrogen and oxygen atoms in total. The molecule has 1 atom stereocenters. The topological polar surface area (TPSA) is 39.0 Å². The number of nitrogens with one attached hydrogen (secondary N) is 1. The van der Waals surface area contributed by atoms with Gasteiger partial charge in [-0.05, 0) is 63.7 Å². The van der Waals surface area contributed by atoms with E-state index in [1.54, 1.807) is 9.13 Å². The highest BCUT2D eigenvalue weighted by molar-refractivity contribution is 5.41. The molecular weight excluding hydrogens is 274 g/mol. The predicted octanol–water partition coefficient (Wildman–Crippen LogP) is 2.76. The Morgan fingerprint density at radius 3 is 2.77 bits per heavy atom. The molecule has 0 saturated carbocycles. The van der Waals surface area contributed by atoms with E-state index in [0.29, 0.717) is 5.92 Å². The van der Waals surface area contributed by atoms with Gasteiger partial charge in [0.05, 0.1) is 5.69 Å². The first-order valence-electron chi connectivity index (χ1n) is 8.25. The lowest BCUT2D eigenvalue weighted by atomic mass is 9.91. The van der Waals surface area contributed by atoms with Crippen molar-refractivity contribution in [3.63, 3.8) is 0 Å². The number of piperidine rings is 1. The van der Waals surface area contributed by atoms with Crippen LogP contribution in [0.1, 0.15) is 38.3 Å². The summed E-state index contributed by atoms with van der Waals surface area (Å²) < 4.78 is 3.56. The number of para-hydroxylation sites is 1. The smallest absolute Gasteiger partial charge is 0.316 e. The van der Waals surface area contributed by atoms with Crippen LogP contribution in [0.3, 0.4) is 0 Å². The Labute approximate surface area is 131 Å². The highest BCUT2D eigenvalue weighted by Gasteiger charge is 2.17. The van der Waals surface area contributed by atoms with Crippen LogP contribution in [0, 0.1) is 5.92 Å². The number of benzene rings is 1. The maximum Gasteiger partial charge on any atom is 0.332 e. The predicted molar refractivity (Wildman–Crippen MR) is 89.7 cm³/mol. The van der Waals surface area contributed by atoms with Crippen LogP contribution < -0.4 is 11.0 Å². The summed E-state index contributed by atoms with van der Waals surface area (Å²) in [5.41, 5.74) is 2.33. The minimum absolute atomic E-state index is 0.0456. The zero-order valence-corrected chi connectivity index (χ0v) is 13.5. The van der Waals surface area contributed by atoms with Crippen molar-refractivity contribution in [1.82, 2.24) is 14.5 Å². The summed E-state index contributed by atoms with van der Waals surface area (Å²) >= 11 is 0. The van der Waals surface area contributed by atoms with Gasteiger partial charge in [-0.25, -0.2) is 4.79 Å². The van der Waals surface area contributed by atoms with Crippen molar-refractivity contribution < 1.29 is 0 Å². The summed E-state index contributed by atoms with van der Waals surface area (Å²) in [6.45, 7) is 6.28. The minimum atomic E-state index is 0.0456. The van der Waals surface area contributed by atoms with E-state index in [4.69, 9.17) is 0 Å². The zero-order chi connectivity index (χ0) is 15.5. The Morgan fingerprint density at radius 1 is 1.27 bits per heavy atom. The maximum atomic E-state index is 12.6. The minimum Gasteiger partial charge on any atom is -0.316 e. The van der Waals surface area contributed by atoms with Gasteiger partial charge >= 0.3 is 5.69 Å². The molecule has 1 fully saturated rings. The van der Waals surface area contributed by atoms with Crippen molar-refractivity contribution in [2.24, 2.45) is 5.92 Å². The van der Waals surface area contributed by atoms with Crippen LogP contribution in [-0.4, -0.2) is 22.2 Å². The van der Waals surface area contributed by atoms with Gasteiger partial charge in [-0.2, -0.15) is 0 Å². The second kappa shape index (κ2) is 6.53. The Kier molecular flexibility index (Phi) is 4.48. The third kappa shape index (κ3) is 3.02. The standard InChI is InChI=1S/C18H25N3O/c1-14(2)20-10-11-21(18(20)22)17-8-4-3-7-16(17)12-15-6-5-9-19-13-15/h3-4,7-8,10-11,14-15,19H,5-6,9,12-13H2,1-2H3. The fourth-order valence-corrected chi connectivity index (χ4v) is 3.29. The SMILES string of the molecule is CC(C)n1ccn(-c2ccccc2CC2CCCNC2)c1=O. The Bertz CT molecular complexity index is 678. The van der Waals surface area contributed by atoms with Crippen molar-refractivity contribution >= 4 is 0 Å². The van der Waals surface area contributed by atoms with Gasteiger partial charge in [0.1, 0.15) is 0 Å². The molecule has 4 heteroatoms. The van der Waals surface area contributed by atoms with Crippen LogP contribution in [0.25, 0.3) is 5.69 Å². The van der Waals surface area contributed by atoms with Gasteiger partial charge in [0.15, 0.2) is 0 Å². The molecule has 0 aliphatic carbocycles. The lowest BCUT2D eigenvalue weighted by Crippen LogP contribution is -2.31. The third-order valence-electron chi connectivity index (χ3n) is 4.52. The van der Waals surface area contributed by atoms with E-state index < -0.39 is 0 Å². The van der Waals surface area contributed by atoms with Gasteiger partial charge < -0.3 is 5.32 Å². The second-order valence-corrected chi connectivity index (χ2v) is 6.50. The normalized spacial score (nSPS) is 18.8. The molecule has 0 radical (unpaired) electrons. The average Bonchev–Trinajstić information content (AvgIpc) is 2.91. The Balaban J connectivity index is 1.92. The molecule has 0 bridgehead atoms. The van der Waals surface area contributed by atoms with Gasteiger partial charge in [0.25, 0.3) is 0 Å². The molecule has 0 spiro atoms. The molecule has 1 unspecified atom stereocenters. The molecule has 2 aromatic rings. The maximum absolute atomic E-state index is 12.6. The molecule has 1 aliphatic rings. The largest absolute Gasteiger partial charge is 0.332 e. The number of imidazole rings is 1. The molecule has 3 rings (SSSR count). The first-order valence-corrected chi connectivity index (χ1v) is 8.25. The van der Waals surface area contributed by atoms with Crippen molar-refractivity contribution in [2.75, 3.05) is 13.1 Å². The summed E-state index contributed by atoms with van der Waals surface area (Å²) in [5, 5.41) is 3.47. The van der Waals surface area contributed by atoms with Gasteiger partial charge in [0.2, 0.25) is 0 Å². The number of nitrogens with zero attached hydrogens (tertiary/aromatic N) is 2. The number of hydrogen-bond donors (Lipinski definition) is 1. The summed E-state index contributed by atoms with van der Waals surface area (Å²) in [4.78, 5) is 12.6. The highest BCUT2D eigenvalue weighted by atomic mass is 16.1. The number of rotatable bonds is 4. The van der Waals surface area contributed by atoms with Crippen molar-refractivity contribution in [3.05, 3.63) is 52.7 Å². The molecule has 2 heterocycles. The molecule has 0 amide bonds. The molecule has 1 N–H and O–H groups in total. The first kappa shape index (κ1) is 15.1. The van der Waals surface area contributed by atoms with Crippen LogP contribution in [0.2, 0.25) is 0 Å². The van der Waals surface area contributed by atoms with Crippen LogP contribution in [0.15, 0.2) is 41.5 Å². The molecular formula is C18H25N3O. The Hall–Kier alpha value is -1.81. The van der Waals surface area contributed by atoms with Crippen molar-refractivity contribution in [3.8, 4) is 5.69 Å². The number of hydrogen-bond acceptors (Lipinski definition) is 2. The third-order valence-corrected chi connectivity index (χ3v) is 4.52. The van der Waals surface area contributed by atoms with Crippen LogP contribution in [0.5, 0.6) is 0 Å². The summed E-state index contributed by atoms with van der Waals surface area (Å²) in [6, 6.07) is 8.47. The molecule has 1 aromatic carbocycles. The van der Waals surface area contributed by atoms with Crippen LogP contribution in [-0.2, 0) is 6.42 Å². The molecule has 1 aromatic heterocycles. The lowest BCUT2D eigenvalue weighted by molar-refractivity contribution is 0.376. The monoisotopic (exact) mass is 299 g/mol. The van der Waals surface area contributed by atoms with E-state index in [1.165, 1.54) is 18.4 Å². The van der Waals surface area contributed by atoms with E-state index in [9.17, 15) is 4.79 Å². The lowest BCUT2D eigenvalue weighted by Gasteiger charge is -2.23. The molecule has 1 aliphatic heterocycles. The second-order valence-electron chi connectivity index (χ2n) is 6.50. The van der Waals surface area contributed by atoms with E-state index in [1.807, 2.05) is 32.3 Å². The Morgan fingerprint density at radius 2 is 2.09 bits per heavy atom. The molecule has 22 heavy (non-hydrogen) atoms. The fourth-order valence-electron chi connectivity index (χ4n) is 3.29. The van der Waals surface area contributed by atoms with Gasteiger partial charge in [-0.3, -0.25) is 9.13 Å². The van der Waals surface area contributed by atoms with Crippen LogP contribution >= 0.6 is 0 Å². The van der Waals surface area contributed by atoms with E-state index >= 15 is 0 Å². The van der Waals surface area contributed by atoms with Gasteiger partial charge in [-0.15, -0.1) is 0 Å². The number of aromatic nitrogens is 2. The van der Waals surface area contributed by atoms with E-state index in [2.05, 4.69) is 23.5 Å². The molecule has 1 saturated heterocycles. The van der Waals surface area contributed by atoms with Gasteiger partial charge in [0, 0.05) is 18.4 Å². The van der Waals surface area contributed by atoms with Crippen molar-refractivity contribution in [1.29, 1.82) is 0 Å². The van der Waals surface area contributed by atoms with Crippen LogP contribution in [0.4, 0.5) is 0 Å². The van der Waals surface area contributed by atoms with Gasteiger partial charge in [-0.1, -0.05) is 18.2 Å². The summed E-state index contributed by atoms with van der Waals surface area (Å²) in [7, 11) is 0. The average molecular weight is 299 g/mol. The first-order chi connectivity index (χ1) is 10.7. The summed E-state index contributed by atoms with van der Waals surface area (Å²) in [5.74, 6) is 0.665. The van der Waals surface area contributed by atoms with E-state index in [-0.39, 0.29) is 11.7 Å².